The van der Waals surface area contributed by atoms with Crippen LogP contribution in [-0.4, -0.2) is 13.7 Å². The third kappa shape index (κ3) is 3.53. The van der Waals surface area contributed by atoms with Crippen LogP contribution in [0.3, 0.4) is 0 Å². The van der Waals surface area contributed by atoms with Crippen LogP contribution in [0, 0.1) is 23.7 Å². The van der Waals surface area contributed by atoms with Crippen LogP contribution in [0.1, 0.15) is 11.1 Å². The number of hydrogen-bond donors (Lipinski definition) is 0. The number of allylic oxidation sites excluding steroid dienone is 1. The van der Waals surface area contributed by atoms with E-state index in [0.29, 0.717) is 11.3 Å². The quantitative estimate of drug-likeness (QED) is 0.376. The molecule has 0 bridgehead atoms. The van der Waals surface area contributed by atoms with Gasteiger partial charge in [-0.2, -0.15) is 5.26 Å². The van der Waals surface area contributed by atoms with Gasteiger partial charge in [0.05, 0.1) is 18.8 Å². The summed E-state index contributed by atoms with van der Waals surface area (Å²) in [5.74, 6) is 3.88. The van der Waals surface area contributed by atoms with Gasteiger partial charge in [-0.1, -0.05) is 36.3 Å². The standard InChI is InChI=1S/C23H17NO2/c1-3-14-26-23-13-10-18-6-4-5-7-21(18)22(23)15-19(16-24)17-8-11-20(25-2)12-9-17/h1,4-13,15H,14H2,2H3/b19-15+. The lowest BCUT2D eigenvalue weighted by molar-refractivity contribution is 0.370. The molecule has 3 heteroatoms. The Labute approximate surface area is 153 Å². The van der Waals surface area contributed by atoms with Gasteiger partial charge in [0.1, 0.15) is 18.1 Å². The number of ether oxygens (including phenoxy) is 2. The Morgan fingerprint density at radius 2 is 1.85 bits per heavy atom. The second-order valence-electron chi connectivity index (χ2n) is 5.59. The smallest absolute Gasteiger partial charge is 0.148 e. The van der Waals surface area contributed by atoms with E-state index in [1.165, 1.54) is 0 Å². The van der Waals surface area contributed by atoms with Gasteiger partial charge in [0.25, 0.3) is 0 Å². The highest BCUT2D eigenvalue weighted by Gasteiger charge is 2.10. The Balaban J connectivity index is 2.15. The largest absolute Gasteiger partial charge is 0.497 e. The number of fused-ring (bicyclic) bond motifs is 1. The van der Waals surface area contributed by atoms with Crippen LogP contribution in [0.4, 0.5) is 0 Å². The Morgan fingerprint density at radius 1 is 1.08 bits per heavy atom. The molecule has 0 aliphatic heterocycles. The van der Waals surface area contributed by atoms with Crippen molar-refractivity contribution < 1.29 is 9.47 Å². The minimum absolute atomic E-state index is 0.170. The lowest BCUT2D eigenvalue weighted by atomic mass is 9.98. The molecule has 3 nitrogen and oxygen atoms in total. The summed E-state index contributed by atoms with van der Waals surface area (Å²) < 4.78 is 10.9. The summed E-state index contributed by atoms with van der Waals surface area (Å²) in [7, 11) is 1.61. The third-order valence-corrected chi connectivity index (χ3v) is 4.05. The Hall–Kier alpha value is -3.69. The maximum atomic E-state index is 9.68. The molecule has 0 atom stereocenters. The molecule has 0 amide bonds. The molecule has 3 aromatic carbocycles. The van der Waals surface area contributed by atoms with Crippen molar-refractivity contribution in [2.75, 3.05) is 13.7 Å². The highest BCUT2D eigenvalue weighted by Crippen LogP contribution is 2.32. The van der Waals surface area contributed by atoms with E-state index < -0.39 is 0 Å². The summed E-state index contributed by atoms with van der Waals surface area (Å²) in [6.45, 7) is 0.170. The second-order valence-corrected chi connectivity index (χ2v) is 5.59. The lowest BCUT2D eigenvalue weighted by Gasteiger charge is -2.11. The van der Waals surface area contributed by atoms with Crippen molar-refractivity contribution in [1.82, 2.24) is 0 Å². The molecule has 0 N–H and O–H groups in total. The first kappa shape index (κ1) is 17.1. The fraction of sp³-hybridized carbons (Fsp3) is 0.0870. The molecule has 3 rings (SSSR count). The van der Waals surface area contributed by atoms with Gasteiger partial charge in [0, 0.05) is 5.56 Å². The molecule has 3 aromatic rings. The summed E-state index contributed by atoms with van der Waals surface area (Å²) in [4.78, 5) is 0. The maximum absolute atomic E-state index is 9.68. The molecule has 0 fully saturated rings. The Kier molecular flexibility index (Phi) is 5.22. The average Bonchev–Trinajstić information content (AvgIpc) is 2.71. The van der Waals surface area contributed by atoms with Crippen LogP contribution in [0.15, 0.2) is 60.7 Å². The number of nitriles is 1. The van der Waals surface area contributed by atoms with E-state index >= 15 is 0 Å². The predicted octanol–water partition coefficient (Wildman–Crippen LogP) is 4.92. The first-order valence-corrected chi connectivity index (χ1v) is 8.11. The minimum atomic E-state index is 0.170. The predicted molar refractivity (Wildman–Crippen MR) is 105 cm³/mol. The molecule has 0 saturated carbocycles. The molecular formula is C23H17NO2. The lowest BCUT2D eigenvalue weighted by Crippen LogP contribution is -1.96. The van der Waals surface area contributed by atoms with Crippen LogP contribution < -0.4 is 9.47 Å². The molecular weight excluding hydrogens is 322 g/mol. The number of terminal acetylenes is 1. The first-order valence-electron chi connectivity index (χ1n) is 8.11. The number of nitrogens with zero attached hydrogens (tertiary/aromatic N) is 1. The van der Waals surface area contributed by atoms with Gasteiger partial charge in [0.15, 0.2) is 0 Å². The fourth-order valence-electron chi connectivity index (χ4n) is 2.76. The van der Waals surface area contributed by atoms with Crippen molar-refractivity contribution in [2.45, 2.75) is 0 Å². The molecule has 0 aliphatic carbocycles. The molecule has 0 radical (unpaired) electrons. The van der Waals surface area contributed by atoms with E-state index in [2.05, 4.69) is 12.0 Å². The number of benzene rings is 3. The summed E-state index contributed by atoms with van der Waals surface area (Å²) in [6, 6.07) is 21.5. The van der Waals surface area contributed by atoms with Gasteiger partial charge in [0.2, 0.25) is 0 Å². The highest BCUT2D eigenvalue weighted by molar-refractivity contribution is 6.00. The van der Waals surface area contributed by atoms with E-state index in [9.17, 15) is 5.26 Å². The molecule has 0 heterocycles. The van der Waals surface area contributed by atoms with Gasteiger partial charge >= 0.3 is 0 Å². The van der Waals surface area contributed by atoms with Crippen molar-refractivity contribution in [2.24, 2.45) is 0 Å². The number of hydrogen-bond acceptors (Lipinski definition) is 3. The van der Waals surface area contributed by atoms with Crippen LogP contribution >= 0.6 is 0 Å². The van der Waals surface area contributed by atoms with Gasteiger partial charge < -0.3 is 9.47 Å². The zero-order valence-corrected chi connectivity index (χ0v) is 14.4. The van der Waals surface area contributed by atoms with Crippen molar-refractivity contribution in [3.8, 4) is 29.9 Å². The van der Waals surface area contributed by atoms with Crippen LogP contribution in [0.2, 0.25) is 0 Å². The van der Waals surface area contributed by atoms with E-state index in [4.69, 9.17) is 15.9 Å². The van der Waals surface area contributed by atoms with E-state index in [-0.39, 0.29) is 6.61 Å². The van der Waals surface area contributed by atoms with Crippen LogP contribution in [-0.2, 0) is 0 Å². The maximum Gasteiger partial charge on any atom is 0.148 e. The zero-order chi connectivity index (χ0) is 18.4. The normalized spacial score (nSPS) is 10.8. The third-order valence-electron chi connectivity index (χ3n) is 4.05. The van der Waals surface area contributed by atoms with Gasteiger partial charge in [-0.25, -0.2) is 0 Å². The average molecular weight is 339 g/mol. The van der Waals surface area contributed by atoms with Crippen molar-refractivity contribution in [3.63, 3.8) is 0 Å². The highest BCUT2D eigenvalue weighted by atomic mass is 16.5. The van der Waals surface area contributed by atoms with E-state index in [0.717, 1.165) is 27.6 Å². The van der Waals surface area contributed by atoms with Crippen LogP contribution in [0.5, 0.6) is 11.5 Å². The van der Waals surface area contributed by atoms with Crippen molar-refractivity contribution in [1.29, 1.82) is 5.26 Å². The van der Waals surface area contributed by atoms with Gasteiger partial charge in [-0.3, -0.25) is 0 Å². The SMILES string of the molecule is C#CCOc1ccc2ccccc2c1/C=C(\C#N)c1ccc(OC)cc1. The molecule has 26 heavy (non-hydrogen) atoms. The van der Waals surface area contributed by atoms with E-state index in [1.54, 1.807) is 7.11 Å². The summed E-state index contributed by atoms with van der Waals surface area (Å²) in [5, 5.41) is 11.8. The monoisotopic (exact) mass is 339 g/mol. The molecule has 126 valence electrons. The Morgan fingerprint density at radius 3 is 2.54 bits per heavy atom. The molecule has 0 saturated heterocycles. The van der Waals surface area contributed by atoms with E-state index in [1.807, 2.05) is 66.7 Å². The second kappa shape index (κ2) is 7.92. The van der Waals surface area contributed by atoms with Gasteiger partial charge in [-0.15, -0.1) is 6.42 Å². The molecule has 0 unspecified atom stereocenters. The molecule has 0 aromatic heterocycles. The topological polar surface area (TPSA) is 42.2 Å². The summed E-state index contributed by atoms with van der Waals surface area (Å²) in [5.41, 5.74) is 2.18. The van der Waals surface area contributed by atoms with Crippen LogP contribution in [0.25, 0.3) is 22.4 Å². The Bertz CT molecular complexity index is 1030. The number of methoxy groups -OCH3 is 1. The first-order chi connectivity index (χ1) is 12.8. The zero-order valence-electron chi connectivity index (χ0n) is 14.4. The summed E-state index contributed by atoms with van der Waals surface area (Å²) in [6.07, 6.45) is 7.17. The molecule has 0 aliphatic rings. The minimum Gasteiger partial charge on any atom is -0.497 e. The molecule has 0 spiro atoms. The fourth-order valence-corrected chi connectivity index (χ4v) is 2.76. The van der Waals surface area contributed by atoms with Crippen molar-refractivity contribution in [3.05, 3.63) is 71.8 Å². The van der Waals surface area contributed by atoms with Gasteiger partial charge in [-0.05, 0) is 52.7 Å². The number of rotatable bonds is 5. The van der Waals surface area contributed by atoms with Crippen molar-refractivity contribution >= 4 is 22.4 Å². The summed E-state index contributed by atoms with van der Waals surface area (Å²) >= 11 is 0.